The average molecular weight is 311 g/mol. The van der Waals surface area contributed by atoms with Gasteiger partial charge in [0.25, 0.3) is 10.0 Å². The van der Waals surface area contributed by atoms with Crippen LogP contribution < -0.4 is 4.72 Å². The number of hydrogen-bond donors (Lipinski definition) is 4. The second-order valence-corrected chi connectivity index (χ2v) is 6.56. The molecule has 0 radical (unpaired) electrons. The second-order valence-electron chi connectivity index (χ2n) is 4.91. The van der Waals surface area contributed by atoms with E-state index in [1.165, 1.54) is 18.7 Å². The number of carbonyl (C=O) groups is 1. The highest BCUT2D eigenvalue weighted by Crippen LogP contribution is 2.40. The summed E-state index contributed by atoms with van der Waals surface area (Å²) in [7, 11) is -3.77. The standard InChI is InChI=1S/C11H13N5O4S/c17-9(18)7-4-13-10(15-7)11(2-1-3-11)16-21(19,20)8-5-12-6-14-8/h4-6,16H,1-3H2,(H,12,14)(H,13,15)(H,17,18). The molecule has 0 aliphatic heterocycles. The number of H-pyrrole nitrogens is 2. The van der Waals surface area contributed by atoms with Gasteiger partial charge in [0.05, 0.1) is 24.3 Å². The first kappa shape index (κ1) is 13.8. The number of hydrogen-bond acceptors (Lipinski definition) is 5. The molecule has 2 aromatic heterocycles. The van der Waals surface area contributed by atoms with Gasteiger partial charge in [0.1, 0.15) is 11.5 Å². The van der Waals surface area contributed by atoms with Gasteiger partial charge in [0, 0.05) is 0 Å². The van der Waals surface area contributed by atoms with Crippen LogP contribution in [0.3, 0.4) is 0 Å². The molecule has 1 aliphatic rings. The van der Waals surface area contributed by atoms with Crippen molar-refractivity contribution in [2.24, 2.45) is 0 Å². The molecular formula is C11H13N5O4S. The predicted molar refractivity (Wildman–Crippen MR) is 70.0 cm³/mol. The molecule has 0 saturated heterocycles. The van der Waals surface area contributed by atoms with Crippen LogP contribution in [-0.2, 0) is 15.6 Å². The lowest BCUT2D eigenvalue weighted by Crippen LogP contribution is -2.51. The second kappa shape index (κ2) is 4.67. The van der Waals surface area contributed by atoms with E-state index in [9.17, 15) is 13.2 Å². The molecule has 9 nitrogen and oxygen atoms in total. The Morgan fingerprint density at radius 1 is 1.38 bits per heavy atom. The van der Waals surface area contributed by atoms with Crippen molar-refractivity contribution in [2.45, 2.75) is 29.8 Å². The summed E-state index contributed by atoms with van der Waals surface area (Å²) in [5.74, 6) is -0.825. The third-order valence-corrected chi connectivity index (χ3v) is 5.02. The minimum absolute atomic E-state index is 0.0428. The molecule has 2 heterocycles. The number of rotatable bonds is 5. The molecule has 0 amide bonds. The molecule has 21 heavy (non-hydrogen) atoms. The van der Waals surface area contributed by atoms with E-state index in [2.05, 4.69) is 24.7 Å². The van der Waals surface area contributed by atoms with Gasteiger partial charge in [-0.05, 0) is 19.3 Å². The van der Waals surface area contributed by atoms with Crippen molar-refractivity contribution in [3.05, 3.63) is 30.2 Å². The lowest BCUT2D eigenvalue weighted by atomic mass is 9.77. The Morgan fingerprint density at radius 3 is 2.62 bits per heavy atom. The van der Waals surface area contributed by atoms with Crippen LogP contribution in [0, 0.1) is 0 Å². The summed E-state index contributed by atoms with van der Waals surface area (Å²) in [6, 6.07) is 0. The van der Waals surface area contributed by atoms with Crippen LogP contribution in [0.25, 0.3) is 0 Å². The summed E-state index contributed by atoms with van der Waals surface area (Å²) in [5.41, 5.74) is -0.963. The number of aromatic carboxylic acids is 1. The lowest BCUT2D eigenvalue weighted by molar-refractivity contribution is 0.0690. The van der Waals surface area contributed by atoms with Crippen LogP contribution in [0.5, 0.6) is 0 Å². The van der Waals surface area contributed by atoms with Gasteiger partial charge in [-0.15, -0.1) is 0 Å². The normalized spacial score (nSPS) is 17.3. The minimum Gasteiger partial charge on any atom is -0.477 e. The highest BCUT2D eigenvalue weighted by molar-refractivity contribution is 7.89. The highest BCUT2D eigenvalue weighted by atomic mass is 32.2. The van der Waals surface area contributed by atoms with Crippen LogP contribution >= 0.6 is 0 Å². The summed E-state index contributed by atoms with van der Waals surface area (Å²) in [5, 5.41) is 8.87. The Kier molecular flexibility index (Phi) is 3.06. The number of nitrogens with one attached hydrogen (secondary N) is 3. The molecule has 112 valence electrons. The van der Waals surface area contributed by atoms with E-state index in [0.29, 0.717) is 18.7 Å². The Hall–Kier alpha value is -2.20. The van der Waals surface area contributed by atoms with E-state index < -0.39 is 21.5 Å². The maximum absolute atomic E-state index is 12.3. The van der Waals surface area contributed by atoms with Gasteiger partial charge in [-0.1, -0.05) is 0 Å². The molecule has 0 atom stereocenters. The fourth-order valence-electron chi connectivity index (χ4n) is 2.29. The smallest absolute Gasteiger partial charge is 0.353 e. The Balaban J connectivity index is 1.92. The van der Waals surface area contributed by atoms with Crippen molar-refractivity contribution in [3.8, 4) is 0 Å². The SMILES string of the molecule is O=C(O)c1cnc(C2(NS(=O)(=O)c3cnc[nH]3)CCC2)[nH]1. The number of nitrogens with zero attached hydrogens (tertiary/aromatic N) is 2. The van der Waals surface area contributed by atoms with Crippen LogP contribution in [0.15, 0.2) is 23.7 Å². The summed E-state index contributed by atoms with van der Waals surface area (Å²) in [4.78, 5) is 23.8. The fraction of sp³-hybridized carbons (Fsp3) is 0.364. The number of aromatic nitrogens is 4. The Labute approximate surface area is 119 Å². The van der Waals surface area contributed by atoms with Crippen molar-refractivity contribution in [2.75, 3.05) is 0 Å². The zero-order valence-corrected chi connectivity index (χ0v) is 11.6. The van der Waals surface area contributed by atoms with Crippen molar-refractivity contribution >= 4 is 16.0 Å². The average Bonchev–Trinajstić information content (AvgIpc) is 3.04. The van der Waals surface area contributed by atoms with Crippen LogP contribution in [0.4, 0.5) is 0 Å². The van der Waals surface area contributed by atoms with E-state index in [4.69, 9.17) is 5.11 Å². The third-order valence-electron chi connectivity index (χ3n) is 3.56. The quantitative estimate of drug-likeness (QED) is 0.621. The predicted octanol–water partition coefficient (Wildman–Crippen LogP) is 0.189. The first-order valence-electron chi connectivity index (χ1n) is 6.24. The number of aromatic amines is 2. The largest absolute Gasteiger partial charge is 0.477 e. The molecule has 1 fully saturated rings. The maximum atomic E-state index is 12.3. The topological polar surface area (TPSA) is 141 Å². The minimum atomic E-state index is -3.77. The Morgan fingerprint density at radius 2 is 2.14 bits per heavy atom. The molecule has 4 N–H and O–H groups in total. The van der Waals surface area contributed by atoms with Crippen molar-refractivity contribution in [3.63, 3.8) is 0 Å². The monoisotopic (exact) mass is 311 g/mol. The van der Waals surface area contributed by atoms with Gasteiger partial charge in [-0.2, -0.15) is 4.72 Å². The lowest BCUT2D eigenvalue weighted by Gasteiger charge is -2.40. The number of sulfonamides is 1. The van der Waals surface area contributed by atoms with E-state index in [0.717, 1.165) is 6.42 Å². The Bertz CT molecular complexity index is 760. The number of carboxylic acid groups (broad SMARTS) is 1. The summed E-state index contributed by atoms with van der Waals surface area (Å²) < 4.78 is 27.1. The van der Waals surface area contributed by atoms with Gasteiger partial charge < -0.3 is 15.1 Å². The maximum Gasteiger partial charge on any atom is 0.353 e. The molecule has 10 heteroatoms. The summed E-state index contributed by atoms with van der Waals surface area (Å²) in [6.45, 7) is 0. The van der Waals surface area contributed by atoms with Crippen molar-refractivity contribution in [1.29, 1.82) is 0 Å². The van der Waals surface area contributed by atoms with E-state index >= 15 is 0 Å². The van der Waals surface area contributed by atoms with E-state index in [1.54, 1.807) is 0 Å². The molecular weight excluding hydrogens is 298 g/mol. The molecule has 1 aliphatic carbocycles. The van der Waals surface area contributed by atoms with E-state index in [-0.39, 0.29) is 10.7 Å². The first-order chi connectivity index (χ1) is 9.93. The molecule has 0 spiro atoms. The van der Waals surface area contributed by atoms with Gasteiger partial charge in [-0.25, -0.2) is 23.2 Å². The van der Waals surface area contributed by atoms with Gasteiger partial charge in [-0.3, -0.25) is 0 Å². The van der Waals surface area contributed by atoms with Gasteiger partial charge in [0.15, 0.2) is 5.03 Å². The van der Waals surface area contributed by atoms with E-state index in [1.807, 2.05) is 0 Å². The van der Waals surface area contributed by atoms with Gasteiger partial charge in [0.2, 0.25) is 0 Å². The molecule has 2 aromatic rings. The zero-order valence-electron chi connectivity index (χ0n) is 10.8. The van der Waals surface area contributed by atoms with Crippen LogP contribution in [-0.4, -0.2) is 39.4 Å². The van der Waals surface area contributed by atoms with Crippen LogP contribution in [0.2, 0.25) is 0 Å². The molecule has 3 rings (SSSR count). The molecule has 0 aromatic carbocycles. The fourth-order valence-corrected chi connectivity index (χ4v) is 3.63. The summed E-state index contributed by atoms with van der Waals surface area (Å²) >= 11 is 0. The van der Waals surface area contributed by atoms with Gasteiger partial charge >= 0.3 is 5.97 Å². The molecule has 0 unspecified atom stereocenters. The third kappa shape index (κ3) is 2.32. The zero-order chi connectivity index (χ0) is 15.1. The first-order valence-corrected chi connectivity index (χ1v) is 7.72. The van der Waals surface area contributed by atoms with Crippen molar-refractivity contribution < 1.29 is 18.3 Å². The van der Waals surface area contributed by atoms with Crippen molar-refractivity contribution in [1.82, 2.24) is 24.7 Å². The number of imidazole rings is 2. The van der Waals surface area contributed by atoms with Crippen LogP contribution in [0.1, 0.15) is 35.6 Å². The highest BCUT2D eigenvalue weighted by Gasteiger charge is 2.45. The summed E-state index contributed by atoms with van der Waals surface area (Å²) in [6.07, 6.45) is 5.59. The number of carboxylic acids is 1. The molecule has 1 saturated carbocycles. The molecule has 0 bridgehead atoms.